The third-order valence-corrected chi connectivity index (χ3v) is 8.19. The Morgan fingerprint density at radius 3 is 2.29 bits per heavy atom. The van der Waals surface area contributed by atoms with Gasteiger partial charge >= 0.3 is 0 Å². The molecule has 35 heavy (non-hydrogen) atoms. The predicted molar refractivity (Wildman–Crippen MR) is 137 cm³/mol. The van der Waals surface area contributed by atoms with Gasteiger partial charge in [-0.05, 0) is 78.7 Å². The quantitative estimate of drug-likeness (QED) is 0.208. The molecule has 3 aromatic carbocycles. The summed E-state index contributed by atoms with van der Waals surface area (Å²) in [7, 11) is -4.21. The van der Waals surface area contributed by atoms with Crippen LogP contribution in [0.1, 0.15) is 5.56 Å². The molecule has 5 aromatic rings. The average Bonchev–Trinajstić information content (AvgIpc) is 3.18. The summed E-state index contributed by atoms with van der Waals surface area (Å²) in [6.45, 7) is 1.89. The molecule has 9 heteroatoms. The lowest BCUT2D eigenvalue weighted by Gasteiger charge is -2.14. The summed E-state index contributed by atoms with van der Waals surface area (Å²) in [6.07, 6.45) is 1.63. The summed E-state index contributed by atoms with van der Waals surface area (Å²) in [5.41, 5.74) is 2.20. The molecule has 0 unspecified atom stereocenters. The van der Waals surface area contributed by atoms with Crippen LogP contribution in [-0.2, 0) is 10.0 Å². The van der Waals surface area contributed by atoms with Gasteiger partial charge in [0.05, 0.1) is 21.7 Å². The smallest absolute Gasteiger partial charge is 0.244 e. The maximum absolute atomic E-state index is 14.8. The van der Waals surface area contributed by atoms with Gasteiger partial charge in [-0.1, -0.05) is 39.7 Å². The van der Waals surface area contributed by atoms with E-state index in [-0.39, 0.29) is 16.1 Å². The van der Waals surface area contributed by atoms with Crippen LogP contribution < -0.4 is 0 Å². The molecule has 0 aliphatic heterocycles. The molecule has 5 rings (SSSR count). The minimum atomic E-state index is -4.21. The fourth-order valence-electron chi connectivity index (χ4n) is 4.07. The first-order valence-corrected chi connectivity index (χ1v) is 13.0. The number of pyridine rings is 1. The lowest BCUT2D eigenvalue weighted by molar-refractivity contribution is 0.583. The van der Waals surface area contributed by atoms with Gasteiger partial charge in [0.15, 0.2) is 0 Å². The molecule has 0 amide bonds. The van der Waals surface area contributed by atoms with Crippen molar-refractivity contribution in [2.24, 2.45) is 0 Å². The van der Waals surface area contributed by atoms with Gasteiger partial charge in [0.2, 0.25) is 0 Å². The molecule has 2 aromatic heterocycles. The Labute approximate surface area is 214 Å². The van der Waals surface area contributed by atoms with Crippen molar-refractivity contribution in [3.05, 3.63) is 106 Å². The molecule has 0 N–H and O–H groups in total. The molecule has 0 aliphatic carbocycles. The number of hydrogen-bond acceptors (Lipinski definition) is 3. The average molecular weight is 574 g/mol. The van der Waals surface area contributed by atoms with Gasteiger partial charge < -0.3 is 0 Å². The van der Waals surface area contributed by atoms with Crippen LogP contribution in [0.3, 0.4) is 0 Å². The van der Waals surface area contributed by atoms with Gasteiger partial charge in [-0.15, -0.1) is 0 Å². The summed E-state index contributed by atoms with van der Waals surface area (Å²) in [4.78, 5) is 4.12. The van der Waals surface area contributed by atoms with Gasteiger partial charge in [0.25, 0.3) is 10.0 Å². The molecule has 0 fully saturated rings. The molecule has 0 saturated heterocycles. The second-order valence-corrected chi connectivity index (χ2v) is 11.0. The molecule has 0 aliphatic rings. The van der Waals surface area contributed by atoms with Crippen molar-refractivity contribution in [1.29, 1.82) is 0 Å². The summed E-state index contributed by atoms with van der Waals surface area (Å²) >= 11 is 9.28. The number of rotatable bonds is 4. The first-order valence-electron chi connectivity index (χ1n) is 10.4. The van der Waals surface area contributed by atoms with E-state index in [0.717, 1.165) is 32.8 Å². The third-order valence-electron chi connectivity index (χ3n) is 5.72. The second-order valence-electron chi connectivity index (χ2n) is 7.95. The fraction of sp³-hybridized carbons (Fsp3) is 0.0385. The zero-order chi connectivity index (χ0) is 24.9. The van der Waals surface area contributed by atoms with Crippen molar-refractivity contribution in [1.82, 2.24) is 8.96 Å². The molecular formula is C26H16BrClF2N2O2S. The number of aromatic nitrogens is 2. The molecule has 0 radical (unpaired) electrons. The van der Waals surface area contributed by atoms with Crippen molar-refractivity contribution in [3.8, 4) is 22.4 Å². The van der Waals surface area contributed by atoms with Crippen molar-refractivity contribution < 1.29 is 17.2 Å². The van der Waals surface area contributed by atoms with Crippen LogP contribution >= 0.6 is 27.5 Å². The SMILES string of the molecule is Cc1cc(Cl)ncc1-c1ccc2c(c1)cc(-c1c(F)cccc1F)n2S(=O)(=O)c1ccc(Br)cc1. The van der Waals surface area contributed by atoms with E-state index >= 15 is 0 Å². The molecule has 0 atom stereocenters. The zero-order valence-corrected chi connectivity index (χ0v) is 21.3. The Morgan fingerprint density at radius 1 is 0.943 bits per heavy atom. The highest BCUT2D eigenvalue weighted by molar-refractivity contribution is 9.10. The topological polar surface area (TPSA) is 52.0 Å². The van der Waals surface area contributed by atoms with Crippen LogP contribution in [0, 0.1) is 18.6 Å². The van der Waals surface area contributed by atoms with Gasteiger partial charge in [-0.2, -0.15) is 0 Å². The van der Waals surface area contributed by atoms with E-state index in [1.165, 1.54) is 24.3 Å². The summed E-state index contributed by atoms with van der Waals surface area (Å²) in [5.74, 6) is -1.73. The van der Waals surface area contributed by atoms with Crippen LogP contribution in [0.15, 0.2) is 88.4 Å². The molecule has 0 saturated carbocycles. The predicted octanol–water partition coefficient (Wildman–Crippen LogP) is 7.61. The second kappa shape index (κ2) is 8.86. The largest absolute Gasteiger partial charge is 0.268 e. The maximum atomic E-state index is 14.8. The van der Waals surface area contributed by atoms with Crippen LogP contribution in [0.4, 0.5) is 8.78 Å². The van der Waals surface area contributed by atoms with Crippen LogP contribution in [0.5, 0.6) is 0 Å². The normalized spacial score (nSPS) is 11.8. The first kappa shape index (κ1) is 23.7. The minimum Gasteiger partial charge on any atom is -0.244 e. The lowest BCUT2D eigenvalue weighted by atomic mass is 10.0. The number of fused-ring (bicyclic) bond motifs is 1. The zero-order valence-electron chi connectivity index (χ0n) is 18.1. The Hall–Kier alpha value is -3.07. The van der Waals surface area contributed by atoms with Gasteiger partial charge in [0.1, 0.15) is 16.8 Å². The van der Waals surface area contributed by atoms with Crippen LogP contribution in [0.2, 0.25) is 5.15 Å². The Morgan fingerprint density at radius 2 is 1.63 bits per heavy atom. The van der Waals surface area contributed by atoms with E-state index in [2.05, 4.69) is 20.9 Å². The van der Waals surface area contributed by atoms with Gasteiger partial charge in [-0.3, -0.25) is 0 Å². The minimum absolute atomic E-state index is 0.0157. The van der Waals surface area contributed by atoms with Gasteiger partial charge in [-0.25, -0.2) is 26.2 Å². The monoisotopic (exact) mass is 572 g/mol. The molecule has 2 heterocycles. The van der Waals surface area contributed by atoms with Gasteiger partial charge in [0, 0.05) is 21.6 Å². The lowest BCUT2D eigenvalue weighted by Crippen LogP contribution is -2.14. The third kappa shape index (κ3) is 4.16. The molecule has 176 valence electrons. The van der Waals surface area contributed by atoms with Crippen LogP contribution in [-0.4, -0.2) is 17.4 Å². The van der Waals surface area contributed by atoms with Crippen molar-refractivity contribution in [3.63, 3.8) is 0 Å². The number of aryl methyl sites for hydroxylation is 1. The highest BCUT2D eigenvalue weighted by Gasteiger charge is 2.27. The van der Waals surface area contributed by atoms with Crippen LogP contribution in [0.25, 0.3) is 33.3 Å². The van der Waals surface area contributed by atoms with Crippen molar-refractivity contribution in [2.45, 2.75) is 11.8 Å². The molecule has 4 nitrogen and oxygen atoms in total. The van der Waals surface area contributed by atoms with E-state index in [9.17, 15) is 17.2 Å². The molecule has 0 bridgehead atoms. The number of halogens is 4. The number of hydrogen-bond donors (Lipinski definition) is 0. The van der Waals surface area contributed by atoms with E-state index in [0.29, 0.717) is 15.0 Å². The summed E-state index contributed by atoms with van der Waals surface area (Å²) < 4.78 is 58.9. The Balaban J connectivity index is 1.82. The highest BCUT2D eigenvalue weighted by Crippen LogP contribution is 2.37. The van der Waals surface area contributed by atoms with E-state index in [1.54, 1.807) is 42.6 Å². The molecular weight excluding hydrogens is 558 g/mol. The number of nitrogens with zero attached hydrogens (tertiary/aromatic N) is 2. The highest BCUT2D eigenvalue weighted by atomic mass is 79.9. The number of benzene rings is 3. The fourth-order valence-corrected chi connectivity index (χ4v) is 6.07. The van der Waals surface area contributed by atoms with E-state index in [4.69, 9.17) is 11.6 Å². The standard InChI is InChI=1S/C26H16BrClF2N2O2S/c1-15-11-25(28)31-14-20(15)16-5-10-23-17(12-16)13-24(26-21(29)3-2-4-22(26)30)32(23)35(33,34)19-8-6-18(27)7-9-19/h2-14H,1H3. The first-order chi connectivity index (χ1) is 16.7. The maximum Gasteiger partial charge on any atom is 0.268 e. The summed E-state index contributed by atoms with van der Waals surface area (Å²) in [5, 5.41) is 0.853. The van der Waals surface area contributed by atoms with Crippen molar-refractivity contribution in [2.75, 3.05) is 0 Å². The molecule has 0 spiro atoms. The van der Waals surface area contributed by atoms with Crippen molar-refractivity contribution >= 4 is 48.5 Å². The van der Waals surface area contributed by atoms with E-state index in [1.807, 2.05) is 6.92 Å². The Bertz CT molecular complexity index is 1700. The summed E-state index contributed by atoms with van der Waals surface area (Å²) in [6, 6.07) is 17.8. The van der Waals surface area contributed by atoms with E-state index < -0.39 is 27.2 Å². The Kier molecular flexibility index (Phi) is 5.99.